The lowest BCUT2D eigenvalue weighted by Gasteiger charge is -2.22. The van der Waals surface area contributed by atoms with Gasteiger partial charge in [-0.2, -0.15) is 0 Å². The molecule has 3 N–H and O–H groups in total. The first-order valence-electron chi connectivity index (χ1n) is 9.48. The lowest BCUT2D eigenvalue weighted by molar-refractivity contribution is 0.417. The lowest BCUT2D eigenvalue weighted by atomic mass is 9.88. The Morgan fingerprint density at radius 2 is 1.83 bits per heavy atom. The molecule has 0 amide bonds. The standard InChI is InChI=1S/C23H23N5O/c1-25-21(15-8-4-3-5-9-15)20-17(24)13-12-16-14-26-23(28-22(16)20)27-18-10-6-7-11-19(18)29-2/h3-11,14H,12-13,24H2,1-2H3,(H,26,27,28). The molecule has 0 spiro atoms. The minimum Gasteiger partial charge on any atom is -0.495 e. The predicted molar refractivity (Wildman–Crippen MR) is 117 cm³/mol. The van der Waals surface area contributed by atoms with E-state index in [2.05, 4.69) is 15.3 Å². The second kappa shape index (κ2) is 8.14. The summed E-state index contributed by atoms with van der Waals surface area (Å²) < 4.78 is 5.42. The number of benzene rings is 2. The number of hydrogen-bond acceptors (Lipinski definition) is 6. The maximum absolute atomic E-state index is 6.45. The minimum atomic E-state index is 0.490. The molecule has 6 nitrogen and oxygen atoms in total. The molecule has 4 rings (SSSR count). The highest BCUT2D eigenvalue weighted by atomic mass is 16.5. The molecular formula is C23H23N5O. The Morgan fingerprint density at radius 1 is 1.07 bits per heavy atom. The van der Waals surface area contributed by atoms with E-state index in [1.54, 1.807) is 14.2 Å². The SMILES string of the molecule is CN=C(C1=C(N)CCc2cnc(Nc3ccccc3OC)nc21)c1ccccc1. The van der Waals surface area contributed by atoms with Gasteiger partial charge in [-0.05, 0) is 30.5 Å². The molecule has 0 fully saturated rings. The number of allylic oxidation sites excluding steroid dienone is 2. The average Bonchev–Trinajstić information content (AvgIpc) is 2.77. The maximum atomic E-state index is 6.45. The highest BCUT2D eigenvalue weighted by Crippen LogP contribution is 2.32. The zero-order chi connectivity index (χ0) is 20.2. The van der Waals surface area contributed by atoms with Crippen molar-refractivity contribution >= 4 is 22.9 Å². The van der Waals surface area contributed by atoms with Crippen LogP contribution in [0.4, 0.5) is 11.6 Å². The summed E-state index contributed by atoms with van der Waals surface area (Å²) in [4.78, 5) is 13.9. The van der Waals surface area contributed by atoms with E-state index in [0.29, 0.717) is 5.95 Å². The molecule has 29 heavy (non-hydrogen) atoms. The van der Waals surface area contributed by atoms with Crippen molar-refractivity contribution in [2.75, 3.05) is 19.5 Å². The van der Waals surface area contributed by atoms with Crippen LogP contribution >= 0.6 is 0 Å². The van der Waals surface area contributed by atoms with Crippen molar-refractivity contribution in [3.63, 3.8) is 0 Å². The fourth-order valence-corrected chi connectivity index (χ4v) is 3.53. The van der Waals surface area contributed by atoms with Crippen molar-refractivity contribution in [3.05, 3.63) is 83.3 Å². The summed E-state index contributed by atoms with van der Waals surface area (Å²) in [5, 5.41) is 3.26. The summed E-state index contributed by atoms with van der Waals surface area (Å²) in [5.41, 5.74) is 12.7. The molecule has 1 heterocycles. The molecule has 146 valence electrons. The Bertz CT molecular complexity index is 1090. The Labute approximate surface area is 170 Å². The zero-order valence-electron chi connectivity index (χ0n) is 16.5. The van der Waals surface area contributed by atoms with Crippen LogP contribution in [0, 0.1) is 0 Å². The van der Waals surface area contributed by atoms with Crippen LogP contribution in [0.3, 0.4) is 0 Å². The van der Waals surface area contributed by atoms with E-state index in [1.165, 1.54) is 0 Å². The normalized spacial score (nSPS) is 13.8. The summed E-state index contributed by atoms with van der Waals surface area (Å²) in [6.45, 7) is 0. The first-order chi connectivity index (χ1) is 14.2. The number of aryl methyl sites for hydroxylation is 1. The van der Waals surface area contributed by atoms with E-state index in [-0.39, 0.29) is 0 Å². The quantitative estimate of drug-likeness (QED) is 0.649. The third-order valence-electron chi connectivity index (χ3n) is 4.95. The number of nitrogens with two attached hydrogens (primary N) is 1. The second-order valence-electron chi connectivity index (χ2n) is 6.73. The van der Waals surface area contributed by atoms with Gasteiger partial charge >= 0.3 is 0 Å². The molecule has 1 aliphatic rings. The van der Waals surface area contributed by atoms with Gasteiger partial charge in [-0.25, -0.2) is 9.97 Å². The molecule has 3 aromatic rings. The average molecular weight is 385 g/mol. The van der Waals surface area contributed by atoms with Gasteiger partial charge in [-0.3, -0.25) is 4.99 Å². The number of nitrogens with zero attached hydrogens (tertiary/aromatic N) is 3. The van der Waals surface area contributed by atoms with Crippen LogP contribution in [0.1, 0.15) is 23.2 Å². The molecule has 0 unspecified atom stereocenters. The Balaban J connectivity index is 1.77. The number of aliphatic imine (C=N–C) groups is 1. The van der Waals surface area contributed by atoms with Crippen molar-refractivity contribution in [1.29, 1.82) is 0 Å². The van der Waals surface area contributed by atoms with Gasteiger partial charge in [-0.1, -0.05) is 42.5 Å². The highest BCUT2D eigenvalue weighted by Gasteiger charge is 2.24. The van der Waals surface area contributed by atoms with Crippen LogP contribution in [0.5, 0.6) is 5.75 Å². The van der Waals surface area contributed by atoms with Gasteiger partial charge in [0, 0.05) is 30.1 Å². The van der Waals surface area contributed by atoms with E-state index < -0.39 is 0 Å². The summed E-state index contributed by atoms with van der Waals surface area (Å²) >= 11 is 0. The second-order valence-corrected chi connectivity index (χ2v) is 6.73. The third-order valence-corrected chi connectivity index (χ3v) is 4.95. The Morgan fingerprint density at radius 3 is 2.59 bits per heavy atom. The molecule has 0 saturated carbocycles. The van der Waals surface area contributed by atoms with Gasteiger partial charge < -0.3 is 15.8 Å². The third kappa shape index (κ3) is 3.69. The number of aromatic nitrogens is 2. The monoisotopic (exact) mass is 385 g/mol. The molecule has 0 aliphatic heterocycles. The zero-order valence-corrected chi connectivity index (χ0v) is 16.5. The number of para-hydroxylation sites is 2. The topological polar surface area (TPSA) is 85.4 Å². The molecule has 0 saturated heterocycles. The lowest BCUT2D eigenvalue weighted by Crippen LogP contribution is -2.20. The largest absolute Gasteiger partial charge is 0.495 e. The molecule has 1 aromatic heterocycles. The number of hydrogen-bond donors (Lipinski definition) is 2. The van der Waals surface area contributed by atoms with Gasteiger partial charge in [0.25, 0.3) is 0 Å². The molecule has 6 heteroatoms. The number of rotatable bonds is 5. The summed E-state index contributed by atoms with van der Waals surface area (Å²) in [7, 11) is 3.42. The van der Waals surface area contributed by atoms with Gasteiger partial charge in [0.05, 0.1) is 24.2 Å². The van der Waals surface area contributed by atoms with Crippen LogP contribution in [0.2, 0.25) is 0 Å². The number of fused-ring (bicyclic) bond motifs is 1. The van der Waals surface area contributed by atoms with E-state index >= 15 is 0 Å². The fourth-order valence-electron chi connectivity index (χ4n) is 3.53. The smallest absolute Gasteiger partial charge is 0.227 e. The predicted octanol–water partition coefficient (Wildman–Crippen LogP) is 3.96. The summed E-state index contributed by atoms with van der Waals surface area (Å²) in [6.07, 6.45) is 3.44. The summed E-state index contributed by atoms with van der Waals surface area (Å²) in [6, 6.07) is 17.7. The minimum absolute atomic E-state index is 0.490. The first kappa shape index (κ1) is 18.7. The first-order valence-corrected chi connectivity index (χ1v) is 9.48. The van der Waals surface area contributed by atoms with E-state index in [0.717, 1.165) is 58.1 Å². The molecule has 0 atom stereocenters. The van der Waals surface area contributed by atoms with E-state index in [4.69, 9.17) is 15.5 Å². The molecule has 0 bridgehead atoms. The fraction of sp³-hybridized carbons (Fsp3) is 0.174. The van der Waals surface area contributed by atoms with Gasteiger partial charge in [0.15, 0.2) is 0 Å². The van der Waals surface area contributed by atoms with Crippen LogP contribution in [0.25, 0.3) is 5.57 Å². The van der Waals surface area contributed by atoms with Crippen molar-refractivity contribution in [3.8, 4) is 5.75 Å². The van der Waals surface area contributed by atoms with E-state index in [9.17, 15) is 0 Å². The van der Waals surface area contributed by atoms with Crippen LogP contribution in [-0.4, -0.2) is 29.8 Å². The number of nitrogens with one attached hydrogen (secondary N) is 1. The van der Waals surface area contributed by atoms with Crippen LogP contribution in [-0.2, 0) is 6.42 Å². The Hall–Kier alpha value is -3.67. The van der Waals surface area contributed by atoms with Crippen molar-refractivity contribution in [2.45, 2.75) is 12.8 Å². The molecule has 1 aliphatic carbocycles. The number of anilines is 2. The molecule has 0 radical (unpaired) electrons. The van der Waals surface area contributed by atoms with Crippen molar-refractivity contribution in [1.82, 2.24) is 9.97 Å². The maximum Gasteiger partial charge on any atom is 0.227 e. The van der Waals surface area contributed by atoms with Gasteiger partial charge in [0.1, 0.15) is 5.75 Å². The molecular weight excluding hydrogens is 362 g/mol. The highest BCUT2D eigenvalue weighted by molar-refractivity contribution is 6.32. The number of methoxy groups -OCH3 is 1. The van der Waals surface area contributed by atoms with Gasteiger partial charge in [0.2, 0.25) is 5.95 Å². The van der Waals surface area contributed by atoms with Crippen molar-refractivity contribution < 1.29 is 4.74 Å². The van der Waals surface area contributed by atoms with E-state index in [1.807, 2.05) is 60.8 Å². The van der Waals surface area contributed by atoms with Crippen LogP contribution in [0.15, 0.2) is 71.5 Å². The van der Waals surface area contributed by atoms with Gasteiger partial charge in [-0.15, -0.1) is 0 Å². The Kier molecular flexibility index (Phi) is 5.24. The summed E-state index contributed by atoms with van der Waals surface area (Å²) in [5.74, 6) is 1.22. The number of ether oxygens (including phenoxy) is 1. The molecule has 2 aromatic carbocycles. The van der Waals surface area contributed by atoms with Crippen molar-refractivity contribution in [2.24, 2.45) is 10.7 Å². The van der Waals surface area contributed by atoms with Crippen LogP contribution < -0.4 is 15.8 Å².